The van der Waals surface area contributed by atoms with Crippen LogP contribution in [-0.4, -0.2) is 23.9 Å². The number of sulfonamides is 1. The third kappa shape index (κ3) is 2.30. The van der Waals surface area contributed by atoms with Gasteiger partial charge < -0.3 is 0 Å². The molecule has 0 fully saturated rings. The van der Waals surface area contributed by atoms with E-state index in [2.05, 4.69) is 9.97 Å². The molecule has 0 aliphatic heterocycles. The molecule has 0 radical (unpaired) electrons. The molecule has 0 bridgehead atoms. The van der Waals surface area contributed by atoms with Crippen molar-refractivity contribution in [3.05, 3.63) is 17.8 Å². The van der Waals surface area contributed by atoms with Crippen molar-refractivity contribution in [1.29, 1.82) is 0 Å². The predicted octanol–water partition coefficient (Wildman–Crippen LogP) is 1.43. The zero-order valence-corrected chi connectivity index (χ0v) is 8.53. The Morgan fingerprint density at radius 3 is 2.00 bits per heavy atom. The second kappa shape index (κ2) is 4.22. The number of rotatable bonds is 2. The van der Waals surface area contributed by atoms with Gasteiger partial charge in [-0.3, -0.25) is 0 Å². The number of alkyl halides is 3. The Balaban J connectivity index is 3.41. The molecule has 5 nitrogen and oxygen atoms in total. The van der Waals surface area contributed by atoms with Crippen LogP contribution in [0.3, 0.4) is 0 Å². The molecule has 0 amide bonds. The van der Waals surface area contributed by atoms with Crippen LogP contribution in [0.5, 0.6) is 0 Å². The van der Waals surface area contributed by atoms with E-state index in [-0.39, 0.29) is 0 Å². The van der Waals surface area contributed by atoms with Crippen LogP contribution in [0.1, 0.15) is 0 Å². The first-order valence-corrected chi connectivity index (χ1v) is 5.08. The minimum absolute atomic E-state index is 2.07. The normalized spacial score (nSPS) is 12.6. The lowest BCUT2D eigenvalue weighted by molar-refractivity contribution is -0.0449. The molecule has 0 aromatic carbocycles. The summed E-state index contributed by atoms with van der Waals surface area (Å²) in [6.07, 6.45) is -2.15. The SMILES string of the molecule is O=S(=O)(N(F)c1nc(F)nc(F)c1F)C(F)(F)F. The summed E-state index contributed by atoms with van der Waals surface area (Å²) < 4.78 is 105. The van der Waals surface area contributed by atoms with Gasteiger partial charge in [-0.15, -0.1) is 0 Å². The maximum Gasteiger partial charge on any atom is 0.519 e. The summed E-state index contributed by atoms with van der Waals surface area (Å²) in [6.45, 7) is 0. The summed E-state index contributed by atoms with van der Waals surface area (Å²) in [5.74, 6) is -7.19. The van der Waals surface area contributed by atoms with Gasteiger partial charge in [0, 0.05) is 0 Å². The third-order valence-electron chi connectivity index (χ3n) is 1.44. The van der Waals surface area contributed by atoms with Crippen LogP contribution in [0.2, 0.25) is 0 Å². The average molecular weight is 299 g/mol. The Morgan fingerprint density at radius 2 is 1.56 bits per heavy atom. The molecule has 0 saturated heterocycles. The molecule has 0 atom stereocenters. The van der Waals surface area contributed by atoms with Gasteiger partial charge in [0.15, 0.2) is 0 Å². The fraction of sp³-hybridized carbons (Fsp3) is 0.200. The Kier molecular flexibility index (Phi) is 3.38. The second-order valence-electron chi connectivity index (χ2n) is 2.59. The Hall–Kier alpha value is -1.66. The van der Waals surface area contributed by atoms with E-state index in [1.54, 1.807) is 0 Å². The fourth-order valence-electron chi connectivity index (χ4n) is 0.705. The van der Waals surface area contributed by atoms with Gasteiger partial charge in [-0.25, -0.2) is 0 Å². The molecule has 18 heavy (non-hydrogen) atoms. The van der Waals surface area contributed by atoms with Crippen LogP contribution in [-0.2, 0) is 10.0 Å². The Morgan fingerprint density at radius 1 is 1.06 bits per heavy atom. The molecule has 0 spiro atoms. The molecule has 0 aliphatic rings. The predicted molar refractivity (Wildman–Crippen MR) is 40.5 cm³/mol. The molecular formula is C5F7N3O2S. The Bertz CT molecular complexity index is 571. The average Bonchev–Trinajstić information content (AvgIpc) is 2.20. The molecule has 1 aromatic heterocycles. The number of hydrogen-bond donors (Lipinski definition) is 0. The lowest BCUT2D eigenvalue weighted by Gasteiger charge is -2.15. The molecule has 13 heteroatoms. The first kappa shape index (κ1) is 14.4. The third-order valence-corrected chi connectivity index (χ3v) is 2.62. The molecule has 0 N–H and O–H groups in total. The van der Waals surface area contributed by atoms with Gasteiger partial charge in [-0.05, 0) is 0 Å². The molecular weight excluding hydrogens is 299 g/mol. The lowest BCUT2D eigenvalue weighted by Crippen LogP contribution is -2.37. The largest absolute Gasteiger partial charge is 0.519 e. The van der Waals surface area contributed by atoms with Crippen LogP contribution < -0.4 is 4.53 Å². The number of aromatic nitrogens is 2. The van der Waals surface area contributed by atoms with Gasteiger partial charge in [0.05, 0.1) is 0 Å². The zero-order chi connectivity index (χ0) is 14.3. The van der Waals surface area contributed by atoms with Crippen molar-refractivity contribution in [2.24, 2.45) is 0 Å². The zero-order valence-electron chi connectivity index (χ0n) is 7.71. The highest BCUT2D eigenvalue weighted by atomic mass is 32.2. The number of halogens is 7. The summed E-state index contributed by atoms with van der Waals surface area (Å²) in [4.78, 5) is 4.16. The van der Waals surface area contributed by atoms with Crippen molar-refractivity contribution in [2.45, 2.75) is 5.51 Å². The molecule has 1 rings (SSSR count). The van der Waals surface area contributed by atoms with Crippen LogP contribution in [0, 0.1) is 17.8 Å². The number of anilines is 1. The van der Waals surface area contributed by atoms with E-state index in [1.807, 2.05) is 0 Å². The summed E-state index contributed by atoms with van der Waals surface area (Å²) in [7, 11) is -6.68. The minimum atomic E-state index is -6.68. The van der Waals surface area contributed by atoms with Gasteiger partial charge in [-0.1, -0.05) is 9.01 Å². The van der Waals surface area contributed by atoms with E-state index in [4.69, 9.17) is 0 Å². The molecule has 0 unspecified atom stereocenters. The van der Waals surface area contributed by atoms with Crippen LogP contribution in [0.25, 0.3) is 0 Å². The molecule has 1 aromatic rings. The molecule has 102 valence electrons. The summed E-state index contributed by atoms with van der Waals surface area (Å²) in [5, 5.41) is 0. The number of nitrogens with zero attached hydrogens (tertiary/aromatic N) is 3. The van der Waals surface area contributed by atoms with Gasteiger partial charge in [0.2, 0.25) is 11.6 Å². The molecule has 1 heterocycles. The highest BCUT2D eigenvalue weighted by molar-refractivity contribution is 7.93. The molecule has 0 saturated carbocycles. The van der Waals surface area contributed by atoms with Crippen molar-refractivity contribution >= 4 is 15.8 Å². The topological polar surface area (TPSA) is 63.2 Å². The maximum atomic E-state index is 12.9. The minimum Gasteiger partial charge on any atom is -0.198 e. The van der Waals surface area contributed by atoms with Crippen LogP contribution in [0.4, 0.5) is 36.6 Å². The quantitative estimate of drug-likeness (QED) is 0.359. The Labute approximate surface area is 93.9 Å². The smallest absolute Gasteiger partial charge is 0.198 e. The summed E-state index contributed by atoms with van der Waals surface area (Å²) >= 11 is 0. The summed E-state index contributed by atoms with van der Waals surface area (Å²) in [6, 6.07) is 0. The van der Waals surface area contributed by atoms with Crippen molar-refractivity contribution in [1.82, 2.24) is 9.97 Å². The van der Waals surface area contributed by atoms with E-state index >= 15 is 0 Å². The summed E-state index contributed by atoms with van der Waals surface area (Å²) in [5.41, 5.74) is -6.15. The van der Waals surface area contributed by atoms with Crippen molar-refractivity contribution < 1.29 is 39.2 Å². The van der Waals surface area contributed by atoms with E-state index in [9.17, 15) is 39.2 Å². The second-order valence-corrected chi connectivity index (χ2v) is 4.32. The standard InChI is InChI=1S/C5F7N3O2S/c6-1-2(7)13-4(8)14-3(1)15(12)18(16,17)5(9,10)11. The van der Waals surface area contributed by atoms with E-state index in [1.165, 1.54) is 0 Å². The van der Waals surface area contributed by atoms with Gasteiger partial charge in [-0.2, -0.15) is 44.7 Å². The van der Waals surface area contributed by atoms with Crippen molar-refractivity contribution in [3.8, 4) is 0 Å². The van der Waals surface area contributed by atoms with E-state index in [0.29, 0.717) is 0 Å². The van der Waals surface area contributed by atoms with E-state index in [0.717, 1.165) is 0 Å². The van der Waals surface area contributed by atoms with Gasteiger partial charge in [0.1, 0.15) is 0 Å². The lowest BCUT2D eigenvalue weighted by atomic mass is 10.5. The van der Waals surface area contributed by atoms with Crippen LogP contribution >= 0.6 is 0 Å². The first-order chi connectivity index (χ1) is 7.98. The van der Waals surface area contributed by atoms with E-state index < -0.39 is 43.7 Å². The molecule has 0 aliphatic carbocycles. The monoisotopic (exact) mass is 299 g/mol. The first-order valence-electron chi connectivity index (χ1n) is 3.64. The highest BCUT2D eigenvalue weighted by Crippen LogP contribution is 2.31. The van der Waals surface area contributed by atoms with Gasteiger partial charge in [0.25, 0.3) is 5.95 Å². The maximum absolute atomic E-state index is 12.9. The van der Waals surface area contributed by atoms with Crippen LogP contribution in [0.15, 0.2) is 0 Å². The highest BCUT2D eigenvalue weighted by Gasteiger charge is 2.52. The number of hydrogen-bond acceptors (Lipinski definition) is 4. The van der Waals surface area contributed by atoms with Crippen molar-refractivity contribution in [3.63, 3.8) is 0 Å². The fourth-order valence-corrected chi connectivity index (χ4v) is 1.24. The van der Waals surface area contributed by atoms with Crippen molar-refractivity contribution in [2.75, 3.05) is 4.53 Å². The van der Waals surface area contributed by atoms with Gasteiger partial charge >= 0.3 is 21.6 Å².